The molecule has 1 aliphatic rings. The average Bonchev–Trinajstić information content (AvgIpc) is 3.11. The highest BCUT2D eigenvalue weighted by atomic mass is 35.5. The van der Waals surface area contributed by atoms with E-state index >= 15 is 0 Å². The molecule has 0 unspecified atom stereocenters. The fourth-order valence-electron chi connectivity index (χ4n) is 4.06. The maximum absolute atomic E-state index is 14.7. The van der Waals surface area contributed by atoms with E-state index in [1.165, 1.54) is 38.4 Å². The first-order chi connectivity index (χ1) is 14.0. The average molecular weight is 416 g/mol. The number of rotatable bonds is 6. The Morgan fingerprint density at radius 3 is 2.79 bits per heavy atom. The number of nitrogens with zero attached hydrogens (tertiary/aromatic N) is 2. The first-order valence-corrected chi connectivity index (χ1v) is 10.6. The van der Waals surface area contributed by atoms with Crippen LogP contribution in [0.25, 0.3) is 22.4 Å². The van der Waals surface area contributed by atoms with Gasteiger partial charge in [-0.25, -0.2) is 9.37 Å². The Kier molecular flexibility index (Phi) is 6.07. The molecule has 0 spiro atoms. The smallest absolute Gasteiger partial charge is 0.141 e. The number of aromatic amines is 1. The Labute approximate surface area is 176 Å². The van der Waals surface area contributed by atoms with E-state index < -0.39 is 0 Å². The third-order valence-electron chi connectivity index (χ3n) is 5.80. The number of ether oxygens (including phenoxy) is 1. The zero-order chi connectivity index (χ0) is 20.4. The molecule has 1 aromatic heterocycles. The zero-order valence-corrected chi connectivity index (χ0v) is 17.7. The van der Waals surface area contributed by atoms with Crippen LogP contribution in [0.5, 0.6) is 5.75 Å². The van der Waals surface area contributed by atoms with E-state index in [0.29, 0.717) is 28.8 Å². The quantitative estimate of drug-likeness (QED) is 0.515. The van der Waals surface area contributed by atoms with Gasteiger partial charge in [0.25, 0.3) is 0 Å². The van der Waals surface area contributed by atoms with Crippen molar-refractivity contribution in [3.05, 3.63) is 46.7 Å². The number of imidazole rings is 1. The van der Waals surface area contributed by atoms with E-state index in [9.17, 15) is 4.39 Å². The standard InChI is InChI=1S/C23H27ClFN3O/c1-15-12-17(24)13-21-22(15)27-23(26-21)19-6-5-18(14-20(19)25)29-11-3-4-16-7-9-28(2)10-8-16/h5-6,12-14,16H,3-4,7-11H2,1-2H3,(H,26,27). The van der Waals surface area contributed by atoms with Gasteiger partial charge in [0.2, 0.25) is 0 Å². The summed E-state index contributed by atoms with van der Waals surface area (Å²) >= 11 is 6.11. The molecule has 0 saturated carbocycles. The molecule has 29 heavy (non-hydrogen) atoms. The van der Waals surface area contributed by atoms with E-state index in [4.69, 9.17) is 16.3 Å². The summed E-state index contributed by atoms with van der Waals surface area (Å²) in [5.74, 6) is 1.50. The largest absolute Gasteiger partial charge is 0.493 e. The van der Waals surface area contributed by atoms with Crippen molar-refractivity contribution in [3.8, 4) is 17.1 Å². The zero-order valence-electron chi connectivity index (χ0n) is 17.0. The molecule has 1 saturated heterocycles. The molecule has 6 heteroatoms. The van der Waals surface area contributed by atoms with Crippen LogP contribution in [0, 0.1) is 18.7 Å². The molecule has 1 fully saturated rings. The molecule has 0 amide bonds. The third-order valence-corrected chi connectivity index (χ3v) is 6.02. The second kappa shape index (κ2) is 8.72. The van der Waals surface area contributed by atoms with Gasteiger partial charge in [-0.2, -0.15) is 0 Å². The van der Waals surface area contributed by atoms with Crippen LogP contribution >= 0.6 is 11.6 Å². The third kappa shape index (κ3) is 4.73. The van der Waals surface area contributed by atoms with E-state index in [1.807, 2.05) is 13.0 Å². The molecule has 0 atom stereocenters. The van der Waals surface area contributed by atoms with Gasteiger partial charge in [-0.05, 0) is 88.5 Å². The summed E-state index contributed by atoms with van der Waals surface area (Å²) < 4.78 is 20.5. The molecule has 154 valence electrons. The second-order valence-corrected chi connectivity index (χ2v) is 8.52. The minimum atomic E-state index is -0.347. The fourth-order valence-corrected chi connectivity index (χ4v) is 4.34. The van der Waals surface area contributed by atoms with Crippen molar-refractivity contribution >= 4 is 22.6 Å². The Balaban J connectivity index is 1.37. The van der Waals surface area contributed by atoms with Gasteiger partial charge in [0.15, 0.2) is 0 Å². The number of likely N-dealkylation sites (tertiary alicyclic amines) is 1. The van der Waals surface area contributed by atoms with Crippen LogP contribution in [0.2, 0.25) is 5.02 Å². The van der Waals surface area contributed by atoms with E-state index in [0.717, 1.165) is 28.9 Å². The SMILES string of the molecule is Cc1cc(Cl)cc2[nH]c(-c3ccc(OCCCC4CCN(C)CC4)cc3F)nc12. The van der Waals surface area contributed by atoms with Crippen LogP contribution in [0.4, 0.5) is 4.39 Å². The van der Waals surface area contributed by atoms with Crippen LogP contribution in [-0.4, -0.2) is 41.6 Å². The molecule has 1 N–H and O–H groups in total. The molecule has 3 aromatic rings. The molecule has 4 nitrogen and oxygen atoms in total. The van der Waals surface area contributed by atoms with Crippen molar-refractivity contribution in [2.45, 2.75) is 32.6 Å². The van der Waals surface area contributed by atoms with E-state index in [1.54, 1.807) is 18.2 Å². The van der Waals surface area contributed by atoms with Crippen LogP contribution in [0.1, 0.15) is 31.2 Å². The Bertz CT molecular complexity index is 995. The highest BCUT2D eigenvalue weighted by molar-refractivity contribution is 6.31. The minimum Gasteiger partial charge on any atom is -0.493 e. The lowest BCUT2D eigenvalue weighted by Crippen LogP contribution is -2.30. The van der Waals surface area contributed by atoms with E-state index in [-0.39, 0.29) is 5.82 Å². The van der Waals surface area contributed by atoms with Crippen LogP contribution in [-0.2, 0) is 0 Å². The normalized spacial score (nSPS) is 15.9. The van der Waals surface area contributed by atoms with Crippen molar-refractivity contribution < 1.29 is 9.13 Å². The number of hydrogen-bond donors (Lipinski definition) is 1. The Hall–Kier alpha value is -2.11. The minimum absolute atomic E-state index is 0.347. The molecule has 1 aliphatic heterocycles. The van der Waals surface area contributed by atoms with Gasteiger partial charge in [-0.3, -0.25) is 0 Å². The van der Waals surface area contributed by atoms with Gasteiger partial charge < -0.3 is 14.6 Å². The first kappa shape index (κ1) is 20.2. The number of H-pyrrole nitrogens is 1. The van der Waals surface area contributed by atoms with Crippen molar-refractivity contribution in [1.82, 2.24) is 14.9 Å². The number of aryl methyl sites for hydroxylation is 1. The van der Waals surface area contributed by atoms with Gasteiger partial charge in [0, 0.05) is 11.1 Å². The summed E-state index contributed by atoms with van der Waals surface area (Å²) in [6, 6.07) is 8.63. The van der Waals surface area contributed by atoms with Crippen LogP contribution in [0.3, 0.4) is 0 Å². The van der Waals surface area contributed by atoms with Crippen molar-refractivity contribution in [1.29, 1.82) is 0 Å². The van der Waals surface area contributed by atoms with E-state index in [2.05, 4.69) is 21.9 Å². The molecule has 0 radical (unpaired) electrons. The predicted molar refractivity (Wildman–Crippen MR) is 116 cm³/mol. The summed E-state index contributed by atoms with van der Waals surface area (Å²) in [5, 5.41) is 0.634. The number of hydrogen-bond acceptors (Lipinski definition) is 3. The maximum atomic E-state index is 14.7. The Morgan fingerprint density at radius 1 is 1.24 bits per heavy atom. The number of fused-ring (bicyclic) bond motifs is 1. The summed E-state index contributed by atoms with van der Waals surface area (Å²) in [5.41, 5.74) is 2.99. The fraction of sp³-hybridized carbons (Fsp3) is 0.435. The molecule has 4 rings (SSSR count). The molecular formula is C23H27ClFN3O. The second-order valence-electron chi connectivity index (χ2n) is 8.08. The number of nitrogens with one attached hydrogen (secondary N) is 1. The van der Waals surface area contributed by atoms with Gasteiger partial charge >= 0.3 is 0 Å². The lowest BCUT2D eigenvalue weighted by Gasteiger charge is -2.28. The summed E-state index contributed by atoms with van der Waals surface area (Å²) in [4.78, 5) is 10.1. The van der Waals surface area contributed by atoms with Crippen molar-refractivity contribution in [2.24, 2.45) is 5.92 Å². The number of piperidine rings is 1. The topological polar surface area (TPSA) is 41.1 Å². The summed E-state index contributed by atoms with van der Waals surface area (Å²) in [7, 11) is 2.18. The monoisotopic (exact) mass is 415 g/mol. The lowest BCUT2D eigenvalue weighted by atomic mass is 9.93. The Morgan fingerprint density at radius 2 is 2.03 bits per heavy atom. The first-order valence-electron chi connectivity index (χ1n) is 10.3. The summed E-state index contributed by atoms with van der Waals surface area (Å²) in [6.07, 6.45) is 4.71. The molecule has 2 heterocycles. The number of aromatic nitrogens is 2. The molecule has 0 bridgehead atoms. The maximum Gasteiger partial charge on any atom is 0.141 e. The van der Waals surface area contributed by atoms with Gasteiger partial charge in [0.05, 0.1) is 23.2 Å². The van der Waals surface area contributed by atoms with Crippen molar-refractivity contribution in [2.75, 3.05) is 26.7 Å². The predicted octanol–water partition coefficient (Wildman–Crippen LogP) is 5.83. The van der Waals surface area contributed by atoms with Gasteiger partial charge in [-0.1, -0.05) is 11.6 Å². The van der Waals surface area contributed by atoms with Crippen LogP contribution in [0.15, 0.2) is 30.3 Å². The molecule has 0 aliphatic carbocycles. The van der Waals surface area contributed by atoms with Crippen LogP contribution < -0.4 is 4.74 Å². The summed E-state index contributed by atoms with van der Waals surface area (Å²) in [6.45, 7) is 4.93. The highest BCUT2D eigenvalue weighted by Gasteiger charge is 2.16. The van der Waals surface area contributed by atoms with Gasteiger partial charge in [0.1, 0.15) is 17.4 Å². The number of halogens is 2. The molecule has 2 aromatic carbocycles. The highest BCUT2D eigenvalue weighted by Crippen LogP contribution is 2.29. The molecular weight excluding hydrogens is 389 g/mol. The van der Waals surface area contributed by atoms with Crippen molar-refractivity contribution in [3.63, 3.8) is 0 Å². The lowest BCUT2D eigenvalue weighted by molar-refractivity contribution is 0.200. The van der Waals surface area contributed by atoms with Gasteiger partial charge in [-0.15, -0.1) is 0 Å². The number of benzene rings is 2.